The summed E-state index contributed by atoms with van der Waals surface area (Å²) < 4.78 is 40.2. The Morgan fingerprint density at radius 2 is 1.72 bits per heavy atom. The number of carbonyl (C=O) groups is 1. The molecule has 7 heteroatoms. The van der Waals surface area contributed by atoms with Gasteiger partial charge in [0.15, 0.2) is 0 Å². The lowest BCUT2D eigenvalue weighted by molar-refractivity contribution is -0.200. The Bertz CT molecular complexity index is 404. The van der Waals surface area contributed by atoms with Gasteiger partial charge in [-0.1, -0.05) is 11.8 Å². The minimum absolute atomic E-state index is 0.746. The molecule has 1 rings (SSSR count). The molecule has 0 N–H and O–H groups in total. The number of carbonyl (C=O) groups excluding carboxylic acids is 1. The number of halogens is 3. The van der Waals surface area contributed by atoms with E-state index in [0.717, 1.165) is 21.6 Å². The number of ether oxygens (including phenoxy) is 1. The maximum atomic E-state index is 12.0. The van der Waals surface area contributed by atoms with Crippen LogP contribution in [0.3, 0.4) is 0 Å². The van der Waals surface area contributed by atoms with Crippen LogP contribution < -0.4 is 0 Å². The van der Waals surface area contributed by atoms with Crippen LogP contribution in [-0.2, 0) is 9.53 Å². The maximum Gasteiger partial charge on any atom is 0.490 e. The summed E-state index contributed by atoms with van der Waals surface area (Å²) in [5.74, 6) is -2.16. The fourth-order valence-electron chi connectivity index (χ4n) is 1.09. The summed E-state index contributed by atoms with van der Waals surface area (Å²) in [4.78, 5) is 12.4. The summed E-state index contributed by atoms with van der Waals surface area (Å²) in [5.41, 5.74) is -0.890. The zero-order chi connectivity index (χ0) is 13.8. The Kier molecular flexibility index (Phi) is 5.40. The Labute approximate surface area is 111 Å². The van der Waals surface area contributed by atoms with Crippen LogP contribution in [-0.4, -0.2) is 23.8 Å². The highest BCUT2D eigenvalue weighted by atomic mass is 32.2. The van der Waals surface area contributed by atoms with Crippen molar-refractivity contribution in [1.29, 1.82) is 0 Å². The molecular weight excluding hydrogens is 285 g/mol. The molecule has 1 atom stereocenters. The molecule has 0 aromatic heterocycles. The molecule has 2 nitrogen and oxygen atoms in total. The highest BCUT2D eigenvalue weighted by Crippen LogP contribution is 2.28. The van der Waals surface area contributed by atoms with Crippen LogP contribution in [0.5, 0.6) is 0 Å². The van der Waals surface area contributed by atoms with E-state index in [1.807, 2.05) is 18.4 Å². The molecule has 0 fully saturated rings. The monoisotopic (exact) mass is 296 g/mol. The first-order valence-corrected chi connectivity index (χ1v) is 7.02. The normalized spacial score (nSPS) is 13.2. The second-order valence-corrected chi connectivity index (χ2v) is 5.51. The summed E-state index contributed by atoms with van der Waals surface area (Å²) in [7, 11) is 0. The van der Waals surface area contributed by atoms with E-state index in [2.05, 4.69) is 4.74 Å². The van der Waals surface area contributed by atoms with Gasteiger partial charge in [0, 0.05) is 9.79 Å². The number of hydrogen-bond donors (Lipinski definition) is 0. The molecule has 0 radical (unpaired) electrons. The van der Waals surface area contributed by atoms with Crippen molar-refractivity contribution >= 4 is 29.5 Å². The predicted octanol–water partition coefficient (Wildman–Crippen LogP) is 3.95. The van der Waals surface area contributed by atoms with Crippen molar-refractivity contribution in [3.05, 3.63) is 24.3 Å². The van der Waals surface area contributed by atoms with Crippen molar-refractivity contribution in [1.82, 2.24) is 0 Å². The Morgan fingerprint density at radius 3 is 2.17 bits per heavy atom. The number of alkyl halides is 3. The minimum atomic E-state index is -4.95. The topological polar surface area (TPSA) is 26.3 Å². The van der Waals surface area contributed by atoms with Crippen molar-refractivity contribution in [2.24, 2.45) is 0 Å². The first-order valence-electron chi connectivity index (χ1n) is 4.91. The molecule has 0 amide bonds. The van der Waals surface area contributed by atoms with Crippen molar-refractivity contribution in [3.8, 4) is 0 Å². The molecule has 0 saturated heterocycles. The molecule has 0 aliphatic heterocycles. The molecule has 100 valence electrons. The van der Waals surface area contributed by atoms with Crippen LogP contribution in [0, 0.1) is 0 Å². The van der Waals surface area contributed by atoms with E-state index >= 15 is 0 Å². The van der Waals surface area contributed by atoms with Gasteiger partial charge in [0.2, 0.25) is 0 Å². The summed E-state index contributed by atoms with van der Waals surface area (Å²) >= 11 is 2.62. The summed E-state index contributed by atoms with van der Waals surface area (Å²) in [5, 5.41) is 0. The molecule has 0 heterocycles. The van der Waals surface area contributed by atoms with E-state index in [4.69, 9.17) is 0 Å². The zero-order valence-electron chi connectivity index (χ0n) is 9.65. The van der Waals surface area contributed by atoms with Gasteiger partial charge in [0.1, 0.15) is 5.44 Å². The van der Waals surface area contributed by atoms with Crippen molar-refractivity contribution < 1.29 is 22.7 Å². The smallest absolute Gasteiger partial charge is 0.445 e. The maximum absolute atomic E-state index is 12.0. The molecule has 1 aromatic carbocycles. The van der Waals surface area contributed by atoms with Gasteiger partial charge < -0.3 is 4.74 Å². The summed E-state index contributed by atoms with van der Waals surface area (Å²) in [6.07, 6.45) is -3.02. The highest BCUT2D eigenvalue weighted by Gasteiger charge is 2.41. The predicted molar refractivity (Wildman–Crippen MR) is 65.7 cm³/mol. The zero-order valence-corrected chi connectivity index (χ0v) is 11.3. The third-order valence-corrected chi connectivity index (χ3v) is 3.58. The van der Waals surface area contributed by atoms with Crippen LogP contribution in [0.25, 0.3) is 0 Å². The molecule has 1 aromatic rings. The van der Waals surface area contributed by atoms with Crippen LogP contribution in [0.2, 0.25) is 0 Å². The van der Waals surface area contributed by atoms with E-state index < -0.39 is 17.6 Å². The van der Waals surface area contributed by atoms with Gasteiger partial charge in [-0.2, -0.15) is 13.2 Å². The van der Waals surface area contributed by atoms with Crippen LogP contribution in [0.1, 0.15) is 6.92 Å². The molecule has 0 aliphatic rings. The molecule has 0 saturated carbocycles. The van der Waals surface area contributed by atoms with Gasteiger partial charge in [-0.05, 0) is 37.4 Å². The second kappa shape index (κ2) is 6.38. The van der Waals surface area contributed by atoms with E-state index in [1.165, 1.54) is 6.92 Å². The average Bonchev–Trinajstić information content (AvgIpc) is 2.28. The first kappa shape index (κ1) is 15.2. The summed E-state index contributed by atoms with van der Waals surface area (Å²) in [6.45, 7) is 1.40. The third-order valence-electron chi connectivity index (χ3n) is 1.87. The molecule has 1 unspecified atom stereocenters. The minimum Gasteiger partial charge on any atom is -0.445 e. The van der Waals surface area contributed by atoms with E-state index in [9.17, 15) is 18.0 Å². The lowest BCUT2D eigenvalue weighted by Gasteiger charge is -2.14. The van der Waals surface area contributed by atoms with E-state index in [-0.39, 0.29) is 0 Å². The largest absolute Gasteiger partial charge is 0.490 e. The SMILES string of the molecule is CSc1ccc(SC(C)OC(=O)C(F)(F)F)cc1. The second-order valence-electron chi connectivity index (χ2n) is 3.26. The van der Waals surface area contributed by atoms with E-state index in [0.29, 0.717) is 0 Å². The van der Waals surface area contributed by atoms with Crippen LogP contribution in [0.15, 0.2) is 34.1 Å². The number of hydrogen-bond acceptors (Lipinski definition) is 4. The first-order chi connectivity index (χ1) is 8.32. The number of benzene rings is 1. The average molecular weight is 296 g/mol. The van der Waals surface area contributed by atoms with E-state index in [1.54, 1.807) is 23.9 Å². The van der Waals surface area contributed by atoms with Crippen LogP contribution >= 0.6 is 23.5 Å². The molecule has 0 aliphatic carbocycles. The molecule has 18 heavy (non-hydrogen) atoms. The van der Waals surface area contributed by atoms with Gasteiger partial charge in [-0.25, -0.2) is 4.79 Å². The molecule has 0 spiro atoms. The Balaban J connectivity index is 2.54. The molecule has 0 bridgehead atoms. The lowest BCUT2D eigenvalue weighted by Crippen LogP contribution is -2.27. The molecular formula is C11H11F3O2S2. The van der Waals surface area contributed by atoms with Crippen molar-refractivity contribution in [2.75, 3.05) is 6.26 Å². The quantitative estimate of drug-likeness (QED) is 0.477. The Morgan fingerprint density at radius 1 is 1.22 bits per heavy atom. The lowest BCUT2D eigenvalue weighted by atomic mass is 10.4. The van der Waals surface area contributed by atoms with Crippen molar-refractivity contribution in [2.45, 2.75) is 28.3 Å². The van der Waals surface area contributed by atoms with Gasteiger partial charge in [0.05, 0.1) is 0 Å². The summed E-state index contributed by atoms with van der Waals surface area (Å²) in [6, 6.07) is 7.25. The highest BCUT2D eigenvalue weighted by molar-refractivity contribution is 7.99. The standard InChI is InChI=1S/C11H11F3O2S2/c1-7(16-10(15)11(12,13)14)18-9-5-3-8(17-2)4-6-9/h3-7H,1-2H3. The number of thioether (sulfide) groups is 2. The van der Waals surface area contributed by atoms with Gasteiger partial charge in [-0.15, -0.1) is 11.8 Å². The fraction of sp³-hybridized carbons (Fsp3) is 0.364. The van der Waals surface area contributed by atoms with Gasteiger partial charge in [-0.3, -0.25) is 0 Å². The fourth-order valence-corrected chi connectivity index (χ4v) is 2.31. The number of esters is 1. The van der Waals surface area contributed by atoms with Crippen LogP contribution in [0.4, 0.5) is 13.2 Å². The Hall–Kier alpha value is -0.820. The van der Waals surface area contributed by atoms with Crippen molar-refractivity contribution in [3.63, 3.8) is 0 Å². The third kappa shape index (κ3) is 4.81. The number of rotatable bonds is 4. The van der Waals surface area contributed by atoms with Gasteiger partial charge >= 0.3 is 12.1 Å². The van der Waals surface area contributed by atoms with Gasteiger partial charge in [0.25, 0.3) is 0 Å².